The van der Waals surface area contributed by atoms with Crippen molar-refractivity contribution in [1.29, 1.82) is 0 Å². The summed E-state index contributed by atoms with van der Waals surface area (Å²) < 4.78 is 10.8. The van der Waals surface area contributed by atoms with Crippen LogP contribution in [0.5, 0.6) is 17.2 Å². The van der Waals surface area contributed by atoms with E-state index in [0.29, 0.717) is 16.9 Å². The molecule has 0 aliphatic carbocycles. The molecular formula is C17H19NO4. The number of hydrogen-bond donors (Lipinski definition) is 1. The standard InChI is InChI=1S/C17H19NO4/c1-17(2,3)14-12(19)7-8-13(21-4)15(14)22-16(20)11-6-5-9-18-10-11/h5-10,19H,1-4H3. The molecule has 5 nitrogen and oxygen atoms in total. The highest BCUT2D eigenvalue weighted by Crippen LogP contribution is 2.44. The number of methoxy groups -OCH3 is 1. The molecule has 0 amide bonds. The van der Waals surface area contributed by atoms with Gasteiger partial charge in [-0.3, -0.25) is 4.98 Å². The number of carbonyl (C=O) groups is 1. The van der Waals surface area contributed by atoms with Crippen LogP contribution in [0.2, 0.25) is 0 Å². The van der Waals surface area contributed by atoms with Crippen LogP contribution in [-0.4, -0.2) is 23.2 Å². The minimum atomic E-state index is -0.553. The zero-order valence-corrected chi connectivity index (χ0v) is 13.1. The van der Waals surface area contributed by atoms with Crippen molar-refractivity contribution < 1.29 is 19.4 Å². The maximum atomic E-state index is 12.3. The molecule has 0 aliphatic heterocycles. The van der Waals surface area contributed by atoms with E-state index in [2.05, 4.69) is 4.98 Å². The van der Waals surface area contributed by atoms with Crippen LogP contribution >= 0.6 is 0 Å². The van der Waals surface area contributed by atoms with E-state index in [4.69, 9.17) is 9.47 Å². The smallest absolute Gasteiger partial charge is 0.345 e. The number of benzene rings is 1. The van der Waals surface area contributed by atoms with E-state index in [-0.39, 0.29) is 11.5 Å². The molecule has 0 spiro atoms. The van der Waals surface area contributed by atoms with E-state index < -0.39 is 11.4 Å². The third-order valence-corrected chi connectivity index (χ3v) is 3.16. The van der Waals surface area contributed by atoms with Gasteiger partial charge in [-0.15, -0.1) is 0 Å². The third-order valence-electron chi connectivity index (χ3n) is 3.16. The summed E-state index contributed by atoms with van der Waals surface area (Å²) in [4.78, 5) is 16.2. The monoisotopic (exact) mass is 301 g/mol. The quantitative estimate of drug-likeness (QED) is 0.696. The fourth-order valence-corrected chi connectivity index (χ4v) is 2.18. The summed E-state index contributed by atoms with van der Waals surface area (Å²) in [7, 11) is 1.49. The normalized spacial score (nSPS) is 11.1. The molecule has 0 atom stereocenters. The molecule has 2 rings (SSSR count). The third kappa shape index (κ3) is 3.19. The van der Waals surface area contributed by atoms with Gasteiger partial charge in [0.1, 0.15) is 5.75 Å². The molecule has 0 fully saturated rings. The number of aromatic hydroxyl groups is 1. The minimum absolute atomic E-state index is 0.0577. The lowest BCUT2D eigenvalue weighted by molar-refractivity contribution is 0.0725. The van der Waals surface area contributed by atoms with Crippen LogP contribution in [0, 0.1) is 0 Å². The maximum Gasteiger partial charge on any atom is 0.345 e. The Morgan fingerprint density at radius 1 is 1.23 bits per heavy atom. The Morgan fingerprint density at radius 2 is 1.95 bits per heavy atom. The van der Waals surface area contributed by atoms with Crippen LogP contribution in [0.25, 0.3) is 0 Å². The Morgan fingerprint density at radius 3 is 2.50 bits per heavy atom. The fraction of sp³-hybridized carbons (Fsp3) is 0.294. The number of carbonyl (C=O) groups excluding carboxylic acids is 1. The first-order chi connectivity index (χ1) is 10.3. The van der Waals surface area contributed by atoms with Gasteiger partial charge in [-0.1, -0.05) is 20.8 Å². The van der Waals surface area contributed by atoms with Gasteiger partial charge in [0.15, 0.2) is 11.5 Å². The molecule has 1 aromatic carbocycles. The van der Waals surface area contributed by atoms with Crippen LogP contribution in [0.3, 0.4) is 0 Å². The fourth-order valence-electron chi connectivity index (χ4n) is 2.18. The van der Waals surface area contributed by atoms with E-state index in [1.54, 1.807) is 24.4 Å². The second-order valence-corrected chi connectivity index (χ2v) is 5.87. The first-order valence-corrected chi connectivity index (χ1v) is 6.87. The topological polar surface area (TPSA) is 68.7 Å². The number of ether oxygens (including phenoxy) is 2. The molecule has 1 aromatic heterocycles. The van der Waals surface area contributed by atoms with Crippen molar-refractivity contribution in [3.05, 3.63) is 47.8 Å². The van der Waals surface area contributed by atoms with E-state index in [9.17, 15) is 9.90 Å². The highest BCUT2D eigenvalue weighted by atomic mass is 16.6. The number of phenolic OH excluding ortho intramolecular Hbond substituents is 1. The van der Waals surface area contributed by atoms with Crippen molar-refractivity contribution in [1.82, 2.24) is 4.98 Å². The second kappa shape index (κ2) is 6.05. The van der Waals surface area contributed by atoms with Crippen molar-refractivity contribution in [2.45, 2.75) is 26.2 Å². The van der Waals surface area contributed by atoms with E-state index in [0.717, 1.165) is 0 Å². The summed E-state index contributed by atoms with van der Waals surface area (Å²) in [5, 5.41) is 10.2. The first kappa shape index (κ1) is 15.8. The molecule has 1 heterocycles. The molecule has 22 heavy (non-hydrogen) atoms. The molecule has 2 aromatic rings. The van der Waals surface area contributed by atoms with E-state index in [1.807, 2.05) is 20.8 Å². The van der Waals surface area contributed by atoms with Gasteiger partial charge >= 0.3 is 5.97 Å². The number of aromatic nitrogens is 1. The molecule has 5 heteroatoms. The van der Waals surface area contributed by atoms with E-state index in [1.165, 1.54) is 19.4 Å². The van der Waals surface area contributed by atoms with Gasteiger partial charge < -0.3 is 14.6 Å². The molecule has 0 bridgehead atoms. The summed E-state index contributed by atoms with van der Waals surface area (Å²) in [5.74, 6) is 0.119. The molecule has 0 radical (unpaired) electrons. The van der Waals surface area contributed by atoms with Gasteiger partial charge in [0.05, 0.1) is 12.7 Å². The number of hydrogen-bond acceptors (Lipinski definition) is 5. The van der Waals surface area contributed by atoms with Gasteiger partial charge in [0, 0.05) is 18.0 Å². The van der Waals surface area contributed by atoms with Gasteiger partial charge in [-0.05, 0) is 29.7 Å². The lowest BCUT2D eigenvalue weighted by Gasteiger charge is -2.24. The first-order valence-electron chi connectivity index (χ1n) is 6.87. The van der Waals surface area contributed by atoms with Crippen LogP contribution in [0.4, 0.5) is 0 Å². The number of esters is 1. The predicted molar refractivity (Wildman–Crippen MR) is 82.6 cm³/mol. The summed E-state index contributed by atoms with van der Waals surface area (Å²) in [6, 6.07) is 6.36. The Kier molecular flexibility index (Phi) is 4.35. The van der Waals surface area contributed by atoms with Crippen molar-refractivity contribution in [2.75, 3.05) is 7.11 Å². The summed E-state index contributed by atoms with van der Waals surface area (Å²) in [6.07, 6.45) is 3.00. The Labute approximate surface area is 129 Å². The molecule has 0 aliphatic rings. The Balaban J connectivity index is 2.49. The lowest BCUT2D eigenvalue weighted by Crippen LogP contribution is -2.17. The number of pyridine rings is 1. The highest BCUT2D eigenvalue weighted by molar-refractivity contribution is 5.91. The SMILES string of the molecule is COc1ccc(O)c(C(C)(C)C)c1OC(=O)c1cccnc1. The second-order valence-electron chi connectivity index (χ2n) is 5.87. The average molecular weight is 301 g/mol. The van der Waals surface area contributed by atoms with Gasteiger partial charge in [-0.25, -0.2) is 4.79 Å². The number of nitrogens with zero attached hydrogens (tertiary/aromatic N) is 1. The van der Waals surface area contributed by atoms with Gasteiger partial charge in [0.25, 0.3) is 0 Å². The summed E-state index contributed by atoms with van der Waals surface area (Å²) >= 11 is 0. The molecule has 116 valence electrons. The van der Waals surface area contributed by atoms with Gasteiger partial charge in [0.2, 0.25) is 0 Å². The number of phenols is 1. The summed E-state index contributed by atoms with van der Waals surface area (Å²) in [5.41, 5.74) is 0.417. The predicted octanol–water partition coefficient (Wildman–Crippen LogP) is 3.31. The molecule has 0 unspecified atom stereocenters. The molecule has 1 N–H and O–H groups in total. The zero-order chi connectivity index (χ0) is 16.3. The maximum absolute atomic E-state index is 12.3. The largest absolute Gasteiger partial charge is 0.508 e. The number of rotatable bonds is 3. The molecule has 0 saturated heterocycles. The average Bonchev–Trinajstić information content (AvgIpc) is 2.47. The van der Waals surface area contributed by atoms with Crippen LogP contribution in [0.15, 0.2) is 36.7 Å². The van der Waals surface area contributed by atoms with Crippen molar-refractivity contribution >= 4 is 5.97 Å². The van der Waals surface area contributed by atoms with Crippen molar-refractivity contribution in [3.8, 4) is 17.2 Å². The lowest BCUT2D eigenvalue weighted by atomic mass is 9.85. The minimum Gasteiger partial charge on any atom is -0.508 e. The molecular weight excluding hydrogens is 282 g/mol. The van der Waals surface area contributed by atoms with Crippen LogP contribution in [0.1, 0.15) is 36.7 Å². The van der Waals surface area contributed by atoms with E-state index >= 15 is 0 Å². The van der Waals surface area contributed by atoms with Crippen LogP contribution in [-0.2, 0) is 5.41 Å². The highest BCUT2D eigenvalue weighted by Gasteiger charge is 2.28. The van der Waals surface area contributed by atoms with Gasteiger partial charge in [-0.2, -0.15) is 0 Å². The zero-order valence-electron chi connectivity index (χ0n) is 13.1. The van der Waals surface area contributed by atoms with Crippen molar-refractivity contribution in [3.63, 3.8) is 0 Å². The van der Waals surface area contributed by atoms with Crippen molar-refractivity contribution in [2.24, 2.45) is 0 Å². The summed E-state index contributed by atoms with van der Waals surface area (Å²) in [6.45, 7) is 5.76. The Hall–Kier alpha value is -2.56. The molecule has 0 saturated carbocycles. The van der Waals surface area contributed by atoms with Crippen LogP contribution < -0.4 is 9.47 Å². The Bertz CT molecular complexity index is 675.